The van der Waals surface area contributed by atoms with Gasteiger partial charge in [0.05, 0.1) is 22.3 Å². The summed E-state index contributed by atoms with van der Waals surface area (Å²) in [5, 5.41) is 10.4. The molecule has 0 aliphatic carbocycles. The van der Waals surface area contributed by atoms with E-state index in [4.69, 9.17) is 21.3 Å². The molecule has 0 bridgehead atoms. The maximum absolute atomic E-state index is 16.7. The SMILES string of the molecule is N#CC1CCCN(c2nc(OC[C@@]34CCCN3CC(F)C4)nc3c(F)c(N4CCCc5ccccc54)c(Cl)cc23)CC1. The Labute approximate surface area is 250 Å². The molecular formula is C32H35ClF2N6O. The Kier molecular flexibility index (Phi) is 7.31. The summed E-state index contributed by atoms with van der Waals surface area (Å²) in [6.07, 6.45) is 5.58. The molecule has 3 fully saturated rings. The first-order valence-corrected chi connectivity index (χ1v) is 15.6. The van der Waals surface area contributed by atoms with E-state index in [-0.39, 0.29) is 29.6 Å². The summed E-state index contributed by atoms with van der Waals surface area (Å²) in [4.78, 5) is 15.7. The molecule has 7 nitrogen and oxygen atoms in total. The summed E-state index contributed by atoms with van der Waals surface area (Å²) in [5.74, 6) is 0.0432. The first kappa shape index (κ1) is 27.6. The van der Waals surface area contributed by atoms with Crippen LogP contribution in [0, 0.1) is 23.1 Å². The number of fused-ring (bicyclic) bond motifs is 3. The van der Waals surface area contributed by atoms with Crippen molar-refractivity contribution in [2.75, 3.05) is 49.1 Å². The van der Waals surface area contributed by atoms with E-state index in [0.717, 1.165) is 56.3 Å². The third-order valence-electron chi connectivity index (χ3n) is 9.64. The van der Waals surface area contributed by atoms with Gasteiger partial charge >= 0.3 is 6.01 Å². The standard InChI is InChI=1S/C32H35ClF2N6O/c33-25-16-24-28(27(35)29(25)41-14-4-8-22-7-1-2-9-26(22)41)37-31(38-30(24)39-12-3-6-21(18-36)10-15-39)42-20-32-11-5-13-40(32)19-23(34)17-32/h1-2,7,9,16,21,23H,3-6,8,10-15,17,19-20H2/t21?,23?,32-/m0/s1. The van der Waals surface area contributed by atoms with E-state index in [9.17, 15) is 9.65 Å². The Balaban J connectivity index is 1.32. The summed E-state index contributed by atoms with van der Waals surface area (Å²) < 4.78 is 37.4. The Hall–Kier alpha value is -3.22. The van der Waals surface area contributed by atoms with Gasteiger partial charge in [0.15, 0.2) is 5.82 Å². The highest BCUT2D eigenvalue weighted by atomic mass is 35.5. The number of aryl methyl sites for hydroxylation is 1. The number of ether oxygens (including phenoxy) is 1. The van der Waals surface area contributed by atoms with Crippen LogP contribution in [0.25, 0.3) is 10.9 Å². The third-order valence-corrected chi connectivity index (χ3v) is 9.93. The third kappa shape index (κ3) is 4.83. The lowest BCUT2D eigenvalue weighted by Crippen LogP contribution is -2.43. The molecule has 42 heavy (non-hydrogen) atoms. The number of hydrogen-bond acceptors (Lipinski definition) is 7. The molecule has 10 heteroatoms. The van der Waals surface area contributed by atoms with Gasteiger partial charge < -0.3 is 14.5 Å². The van der Waals surface area contributed by atoms with Crippen molar-refractivity contribution in [2.24, 2.45) is 5.92 Å². The van der Waals surface area contributed by atoms with Crippen LogP contribution in [0.2, 0.25) is 5.02 Å². The van der Waals surface area contributed by atoms with E-state index in [2.05, 4.69) is 26.9 Å². The highest BCUT2D eigenvalue weighted by Gasteiger charge is 2.49. The van der Waals surface area contributed by atoms with Crippen molar-refractivity contribution in [2.45, 2.75) is 63.1 Å². The first-order chi connectivity index (χ1) is 20.5. The van der Waals surface area contributed by atoms with Gasteiger partial charge in [-0.05, 0) is 69.2 Å². The number of benzene rings is 2. The van der Waals surface area contributed by atoms with Gasteiger partial charge in [0.25, 0.3) is 0 Å². The largest absolute Gasteiger partial charge is 0.461 e. The number of anilines is 3. The topological polar surface area (TPSA) is 68.5 Å². The van der Waals surface area contributed by atoms with Crippen molar-refractivity contribution >= 4 is 39.7 Å². The number of nitrogens with zero attached hydrogens (tertiary/aromatic N) is 6. The monoisotopic (exact) mass is 592 g/mol. The molecule has 1 aromatic heterocycles. The minimum absolute atomic E-state index is 0.0200. The lowest BCUT2D eigenvalue weighted by atomic mass is 9.95. The zero-order valence-corrected chi connectivity index (χ0v) is 24.4. The smallest absolute Gasteiger partial charge is 0.319 e. The molecule has 0 radical (unpaired) electrons. The van der Waals surface area contributed by atoms with Crippen molar-refractivity contribution < 1.29 is 13.5 Å². The molecule has 0 amide bonds. The summed E-state index contributed by atoms with van der Waals surface area (Å²) in [7, 11) is 0. The number of rotatable bonds is 5. The van der Waals surface area contributed by atoms with E-state index < -0.39 is 12.0 Å². The van der Waals surface area contributed by atoms with E-state index >= 15 is 4.39 Å². The van der Waals surface area contributed by atoms with E-state index in [1.807, 2.05) is 23.1 Å². The molecule has 0 spiro atoms. The average molecular weight is 593 g/mol. The number of aromatic nitrogens is 2. The van der Waals surface area contributed by atoms with Gasteiger partial charge in [-0.1, -0.05) is 29.8 Å². The Morgan fingerprint density at radius 3 is 2.86 bits per heavy atom. The second-order valence-corrected chi connectivity index (χ2v) is 12.6. The van der Waals surface area contributed by atoms with Crippen molar-refractivity contribution in [1.82, 2.24) is 14.9 Å². The maximum atomic E-state index is 16.7. The predicted molar refractivity (Wildman–Crippen MR) is 160 cm³/mol. The van der Waals surface area contributed by atoms with Gasteiger partial charge in [0.1, 0.15) is 24.1 Å². The maximum Gasteiger partial charge on any atom is 0.319 e. The molecule has 3 saturated heterocycles. The molecular weight excluding hydrogens is 558 g/mol. The molecule has 3 atom stereocenters. The molecule has 5 heterocycles. The quantitative estimate of drug-likeness (QED) is 0.331. The van der Waals surface area contributed by atoms with Crippen molar-refractivity contribution in [3.8, 4) is 12.1 Å². The number of nitriles is 1. The van der Waals surface area contributed by atoms with Gasteiger partial charge in [-0.2, -0.15) is 15.2 Å². The number of halogens is 3. The van der Waals surface area contributed by atoms with Gasteiger partial charge in [0.2, 0.25) is 0 Å². The lowest BCUT2D eigenvalue weighted by Gasteiger charge is -2.33. The highest BCUT2D eigenvalue weighted by molar-refractivity contribution is 6.34. The highest BCUT2D eigenvalue weighted by Crippen LogP contribution is 2.44. The van der Waals surface area contributed by atoms with Gasteiger partial charge in [-0.3, -0.25) is 4.90 Å². The van der Waals surface area contributed by atoms with Gasteiger partial charge in [-0.15, -0.1) is 0 Å². The summed E-state index contributed by atoms with van der Waals surface area (Å²) in [6, 6.07) is 12.3. The van der Waals surface area contributed by atoms with Crippen LogP contribution in [0.5, 0.6) is 6.01 Å². The molecule has 7 rings (SSSR count). The molecule has 4 aliphatic rings. The van der Waals surface area contributed by atoms with Crippen LogP contribution in [0.1, 0.15) is 50.5 Å². The minimum atomic E-state index is -0.873. The predicted octanol–water partition coefficient (Wildman–Crippen LogP) is 6.59. The first-order valence-electron chi connectivity index (χ1n) is 15.2. The minimum Gasteiger partial charge on any atom is -0.461 e. The van der Waals surface area contributed by atoms with E-state index in [1.165, 1.54) is 0 Å². The summed E-state index contributed by atoms with van der Waals surface area (Å²) in [6.45, 7) is 3.49. The second-order valence-electron chi connectivity index (χ2n) is 12.2. The van der Waals surface area contributed by atoms with Crippen LogP contribution in [0.15, 0.2) is 30.3 Å². The number of para-hydroxylation sites is 1. The normalized spacial score (nSPS) is 26.1. The fourth-order valence-electron chi connectivity index (χ4n) is 7.55. The van der Waals surface area contributed by atoms with Crippen LogP contribution in [0.3, 0.4) is 0 Å². The molecule has 3 aromatic rings. The van der Waals surface area contributed by atoms with Crippen LogP contribution >= 0.6 is 11.6 Å². The van der Waals surface area contributed by atoms with Crippen molar-refractivity contribution in [3.05, 3.63) is 46.7 Å². The fraction of sp³-hybridized carbons (Fsp3) is 0.531. The number of alkyl halides is 1. The molecule has 0 N–H and O–H groups in total. The zero-order valence-electron chi connectivity index (χ0n) is 23.7. The van der Waals surface area contributed by atoms with Crippen molar-refractivity contribution in [1.29, 1.82) is 5.26 Å². The molecule has 2 aromatic carbocycles. The molecule has 0 saturated carbocycles. The molecule has 220 valence electrons. The van der Waals surface area contributed by atoms with Crippen LogP contribution in [-0.4, -0.2) is 65.9 Å². The lowest BCUT2D eigenvalue weighted by molar-refractivity contribution is 0.107. The van der Waals surface area contributed by atoms with Crippen LogP contribution in [0.4, 0.5) is 26.0 Å². The Bertz CT molecular complexity index is 1550. The zero-order chi connectivity index (χ0) is 28.8. The molecule has 4 aliphatic heterocycles. The fourth-order valence-corrected chi connectivity index (χ4v) is 7.85. The summed E-state index contributed by atoms with van der Waals surface area (Å²) in [5.41, 5.74) is 2.21. The number of hydrogen-bond donors (Lipinski definition) is 0. The second kappa shape index (κ2) is 11.1. The Morgan fingerprint density at radius 1 is 1.10 bits per heavy atom. The van der Waals surface area contributed by atoms with E-state index in [0.29, 0.717) is 60.9 Å². The Morgan fingerprint density at radius 2 is 1.98 bits per heavy atom. The average Bonchev–Trinajstić information content (AvgIpc) is 3.40. The summed E-state index contributed by atoms with van der Waals surface area (Å²) >= 11 is 6.89. The van der Waals surface area contributed by atoms with Gasteiger partial charge in [-0.25, -0.2) is 8.78 Å². The van der Waals surface area contributed by atoms with Crippen molar-refractivity contribution in [3.63, 3.8) is 0 Å². The van der Waals surface area contributed by atoms with Crippen LogP contribution < -0.4 is 14.5 Å². The van der Waals surface area contributed by atoms with E-state index in [1.54, 1.807) is 6.07 Å². The van der Waals surface area contributed by atoms with Crippen LogP contribution in [-0.2, 0) is 6.42 Å². The molecule has 2 unspecified atom stereocenters. The van der Waals surface area contributed by atoms with Gasteiger partial charge in [0, 0.05) is 49.6 Å².